The Balaban J connectivity index is 1.72. The number of likely N-dealkylation sites (tertiary alicyclic amines) is 1. The number of hydrogen-bond acceptors (Lipinski definition) is 5. The second-order valence-electron chi connectivity index (χ2n) is 8.53. The third-order valence-electron chi connectivity index (χ3n) is 5.07. The number of carbonyl (C=O) groups is 2. The van der Waals surface area contributed by atoms with Crippen LogP contribution in [-0.4, -0.2) is 45.9 Å². The van der Waals surface area contributed by atoms with Crippen LogP contribution in [0.4, 0.5) is 0 Å². The van der Waals surface area contributed by atoms with Crippen molar-refractivity contribution < 1.29 is 14.7 Å². The highest BCUT2D eigenvalue weighted by Crippen LogP contribution is 2.35. The van der Waals surface area contributed by atoms with Crippen molar-refractivity contribution in [3.05, 3.63) is 56.5 Å². The fraction of sp³-hybridized carbons (Fsp3) is 0.409. The SMILES string of the molecule is C=CC(=O)N1CC(NC(=O)c2sc(Cc3cc(C(C)(C)C)c(Cl)cc3O)nc2C)C1. The summed E-state index contributed by atoms with van der Waals surface area (Å²) < 4.78 is 0. The van der Waals surface area contributed by atoms with Crippen molar-refractivity contribution in [2.75, 3.05) is 13.1 Å². The summed E-state index contributed by atoms with van der Waals surface area (Å²) in [6.07, 6.45) is 1.69. The number of aryl methyl sites for hydroxylation is 1. The smallest absolute Gasteiger partial charge is 0.263 e. The van der Waals surface area contributed by atoms with E-state index in [1.54, 1.807) is 17.9 Å². The minimum Gasteiger partial charge on any atom is -0.508 e. The van der Waals surface area contributed by atoms with Crippen LogP contribution in [0.2, 0.25) is 5.02 Å². The van der Waals surface area contributed by atoms with Crippen LogP contribution in [0.25, 0.3) is 0 Å². The van der Waals surface area contributed by atoms with Gasteiger partial charge < -0.3 is 15.3 Å². The van der Waals surface area contributed by atoms with Crippen LogP contribution in [0.15, 0.2) is 24.8 Å². The number of aromatic hydroxyl groups is 1. The van der Waals surface area contributed by atoms with Gasteiger partial charge in [-0.3, -0.25) is 9.59 Å². The Kier molecular flexibility index (Phi) is 6.24. The van der Waals surface area contributed by atoms with E-state index >= 15 is 0 Å². The number of nitrogens with zero attached hydrogens (tertiary/aromatic N) is 2. The van der Waals surface area contributed by atoms with Crippen LogP contribution < -0.4 is 5.32 Å². The molecule has 3 rings (SSSR count). The largest absolute Gasteiger partial charge is 0.508 e. The Morgan fingerprint density at radius 2 is 2.07 bits per heavy atom. The Morgan fingerprint density at radius 3 is 2.67 bits per heavy atom. The highest BCUT2D eigenvalue weighted by molar-refractivity contribution is 7.13. The van der Waals surface area contributed by atoms with Gasteiger partial charge in [-0.1, -0.05) is 39.0 Å². The predicted molar refractivity (Wildman–Crippen MR) is 120 cm³/mol. The van der Waals surface area contributed by atoms with E-state index in [-0.39, 0.29) is 29.0 Å². The van der Waals surface area contributed by atoms with Crippen molar-refractivity contribution in [1.82, 2.24) is 15.2 Å². The van der Waals surface area contributed by atoms with Crippen molar-refractivity contribution >= 4 is 34.8 Å². The van der Waals surface area contributed by atoms with E-state index in [4.69, 9.17) is 11.6 Å². The van der Waals surface area contributed by atoms with E-state index in [0.29, 0.717) is 35.1 Å². The lowest BCUT2D eigenvalue weighted by atomic mass is 9.85. The second-order valence-corrected chi connectivity index (χ2v) is 10.0. The Morgan fingerprint density at radius 1 is 1.40 bits per heavy atom. The van der Waals surface area contributed by atoms with Crippen molar-refractivity contribution in [2.45, 2.75) is 45.6 Å². The van der Waals surface area contributed by atoms with Crippen molar-refractivity contribution in [2.24, 2.45) is 0 Å². The molecule has 0 saturated carbocycles. The molecule has 1 aliphatic rings. The number of aromatic nitrogens is 1. The van der Waals surface area contributed by atoms with E-state index < -0.39 is 0 Å². The molecule has 0 aliphatic carbocycles. The highest BCUT2D eigenvalue weighted by Gasteiger charge is 2.31. The fourth-order valence-corrected chi connectivity index (χ4v) is 4.79. The van der Waals surface area contributed by atoms with Crippen molar-refractivity contribution in [1.29, 1.82) is 0 Å². The minimum absolute atomic E-state index is 0.0685. The molecule has 0 spiro atoms. The van der Waals surface area contributed by atoms with E-state index in [2.05, 4.69) is 37.7 Å². The molecule has 0 atom stereocenters. The maximum absolute atomic E-state index is 12.6. The third-order valence-corrected chi connectivity index (χ3v) is 6.54. The number of halogens is 1. The first-order valence-corrected chi connectivity index (χ1v) is 10.9. The molecule has 2 N–H and O–H groups in total. The number of benzene rings is 1. The summed E-state index contributed by atoms with van der Waals surface area (Å²) in [6, 6.07) is 3.41. The minimum atomic E-state index is -0.192. The van der Waals surface area contributed by atoms with Gasteiger partial charge in [0.05, 0.1) is 16.7 Å². The first-order chi connectivity index (χ1) is 14.0. The monoisotopic (exact) mass is 447 g/mol. The summed E-state index contributed by atoms with van der Waals surface area (Å²) in [5.74, 6) is -0.204. The third kappa shape index (κ3) is 4.68. The van der Waals surface area contributed by atoms with Crippen molar-refractivity contribution in [3.8, 4) is 5.75 Å². The van der Waals surface area contributed by atoms with E-state index in [9.17, 15) is 14.7 Å². The number of carbonyl (C=O) groups excluding carboxylic acids is 2. The Hall–Kier alpha value is -2.38. The van der Waals surface area contributed by atoms with Gasteiger partial charge in [-0.05, 0) is 36.1 Å². The van der Waals surface area contributed by atoms with Crippen molar-refractivity contribution in [3.63, 3.8) is 0 Å². The number of nitrogens with one attached hydrogen (secondary N) is 1. The lowest BCUT2D eigenvalue weighted by Gasteiger charge is -2.38. The lowest BCUT2D eigenvalue weighted by molar-refractivity contribution is -0.130. The van der Waals surface area contributed by atoms with Gasteiger partial charge >= 0.3 is 0 Å². The summed E-state index contributed by atoms with van der Waals surface area (Å²) in [5.41, 5.74) is 2.16. The number of amides is 2. The van der Waals surface area contributed by atoms with E-state index in [1.165, 1.54) is 17.4 Å². The predicted octanol–water partition coefficient (Wildman–Crippen LogP) is 3.83. The number of rotatable bonds is 5. The molecular weight excluding hydrogens is 422 g/mol. The first kappa shape index (κ1) is 22.3. The van der Waals surface area contributed by atoms with Crippen LogP contribution in [0.1, 0.15) is 52.3 Å². The summed E-state index contributed by atoms with van der Waals surface area (Å²) in [5, 5.41) is 14.6. The summed E-state index contributed by atoms with van der Waals surface area (Å²) in [6.45, 7) is 12.4. The van der Waals surface area contributed by atoms with Gasteiger partial charge in [0, 0.05) is 30.1 Å². The molecule has 2 amide bonds. The molecule has 0 bridgehead atoms. The molecule has 1 fully saturated rings. The van der Waals surface area contributed by atoms with Crippen LogP contribution in [0, 0.1) is 6.92 Å². The maximum Gasteiger partial charge on any atom is 0.263 e. The number of phenolic OH excluding ortho intramolecular Hbond substituents is 1. The average molecular weight is 448 g/mol. The number of phenols is 1. The fourth-order valence-electron chi connectivity index (χ4n) is 3.36. The topological polar surface area (TPSA) is 82.5 Å². The van der Waals surface area contributed by atoms with Gasteiger partial charge in [0.25, 0.3) is 5.91 Å². The van der Waals surface area contributed by atoms with Gasteiger partial charge in [0.15, 0.2) is 0 Å². The summed E-state index contributed by atoms with van der Waals surface area (Å²) >= 11 is 7.62. The molecule has 6 nitrogen and oxygen atoms in total. The molecule has 160 valence electrons. The normalized spacial score (nSPS) is 14.4. The average Bonchev–Trinajstić information content (AvgIpc) is 2.98. The molecule has 1 saturated heterocycles. The molecule has 0 radical (unpaired) electrons. The first-order valence-electron chi connectivity index (χ1n) is 9.70. The Bertz CT molecular complexity index is 1000. The zero-order valence-electron chi connectivity index (χ0n) is 17.6. The molecule has 30 heavy (non-hydrogen) atoms. The molecule has 2 aromatic rings. The quantitative estimate of drug-likeness (QED) is 0.682. The molecular formula is C22H26ClN3O3S. The van der Waals surface area contributed by atoms with Crippen LogP contribution in [0.3, 0.4) is 0 Å². The van der Waals surface area contributed by atoms with Gasteiger partial charge in [0.1, 0.15) is 10.6 Å². The van der Waals surface area contributed by atoms with Crippen LogP contribution in [-0.2, 0) is 16.6 Å². The molecule has 1 aliphatic heterocycles. The van der Waals surface area contributed by atoms with Crippen LogP contribution in [0.5, 0.6) is 5.75 Å². The zero-order chi connectivity index (χ0) is 22.2. The van der Waals surface area contributed by atoms with Gasteiger partial charge in [-0.2, -0.15) is 0 Å². The van der Waals surface area contributed by atoms with Gasteiger partial charge in [-0.25, -0.2) is 4.98 Å². The van der Waals surface area contributed by atoms with Gasteiger partial charge in [0.2, 0.25) is 5.91 Å². The molecule has 8 heteroatoms. The number of hydrogen-bond donors (Lipinski definition) is 2. The number of thiazole rings is 1. The van der Waals surface area contributed by atoms with E-state index in [1.807, 2.05) is 6.07 Å². The molecule has 1 aromatic heterocycles. The molecule has 1 aromatic carbocycles. The summed E-state index contributed by atoms with van der Waals surface area (Å²) in [7, 11) is 0. The van der Waals surface area contributed by atoms with E-state index in [0.717, 1.165) is 16.1 Å². The summed E-state index contributed by atoms with van der Waals surface area (Å²) in [4.78, 5) is 30.9. The van der Waals surface area contributed by atoms with Crippen LogP contribution >= 0.6 is 22.9 Å². The molecule has 0 unspecified atom stereocenters. The molecule has 2 heterocycles. The maximum atomic E-state index is 12.6. The zero-order valence-corrected chi connectivity index (χ0v) is 19.2. The lowest BCUT2D eigenvalue weighted by Crippen LogP contribution is -2.60. The van der Waals surface area contributed by atoms with Gasteiger partial charge in [-0.15, -0.1) is 11.3 Å². The second kappa shape index (κ2) is 8.40. The Labute approximate surface area is 185 Å². The highest BCUT2D eigenvalue weighted by atomic mass is 35.5. The standard InChI is InChI=1S/C22H26ClN3O3S/c1-6-19(28)26-10-14(11-26)25-21(29)20-12(2)24-18(30-20)8-13-7-15(22(3,4)5)16(23)9-17(13)27/h6-7,9,14,27H,1,8,10-11H2,2-5H3,(H,25,29).